The molecule has 0 aromatic carbocycles. The maximum atomic E-state index is 11.1. The van der Waals surface area contributed by atoms with Crippen LogP contribution in [0, 0.1) is 0 Å². The number of hydrogen-bond donors (Lipinski definition) is 3. The molecule has 2 aromatic rings. The number of aliphatic hydroxyl groups excluding tert-OH is 1. The van der Waals surface area contributed by atoms with Gasteiger partial charge in [-0.3, -0.25) is 9.47 Å². The van der Waals surface area contributed by atoms with Crippen molar-refractivity contribution in [1.82, 2.24) is 19.4 Å². The van der Waals surface area contributed by atoms with E-state index in [0.29, 0.717) is 30.2 Å². The first-order valence-corrected chi connectivity index (χ1v) is 8.82. The second-order valence-electron chi connectivity index (χ2n) is 6.35. The lowest BCUT2D eigenvalue weighted by atomic mass is 10.0. The van der Waals surface area contributed by atoms with Gasteiger partial charge in [0.25, 0.3) is 0 Å². The molecule has 25 heavy (non-hydrogen) atoms. The number of nitrogens with zero attached hydrogens (tertiary/aromatic N) is 4. The van der Waals surface area contributed by atoms with Crippen LogP contribution in [0.3, 0.4) is 0 Å². The van der Waals surface area contributed by atoms with Gasteiger partial charge in [0.15, 0.2) is 5.65 Å². The largest absolute Gasteiger partial charge is 0.478 e. The number of carboxylic acids is 1. The number of carboxylic acid groups (broad SMARTS) is 1. The van der Waals surface area contributed by atoms with E-state index < -0.39 is 5.97 Å². The number of fused-ring (bicyclic) bond motifs is 1. The normalized spacial score (nSPS) is 18.6. The third-order valence-corrected chi connectivity index (χ3v) is 4.79. The highest BCUT2D eigenvalue weighted by Gasteiger charge is 2.21. The van der Waals surface area contributed by atoms with E-state index in [1.165, 1.54) is 19.0 Å². The summed E-state index contributed by atoms with van der Waals surface area (Å²) < 4.78 is 1.95. The number of anilines is 1. The van der Waals surface area contributed by atoms with E-state index in [4.69, 9.17) is 5.11 Å². The molecule has 1 fully saturated rings. The van der Waals surface area contributed by atoms with Gasteiger partial charge in [-0.2, -0.15) is 0 Å². The summed E-state index contributed by atoms with van der Waals surface area (Å²) in [4.78, 5) is 22.2. The van der Waals surface area contributed by atoms with E-state index in [9.17, 15) is 9.90 Å². The number of imidazole rings is 1. The first-order valence-electron chi connectivity index (χ1n) is 8.82. The number of hydrogen-bond acceptors (Lipinski definition) is 6. The number of likely N-dealkylation sites (tertiary alicyclic amines) is 1. The molecule has 2 aromatic heterocycles. The number of aliphatic hydroxyl groups is 1. The van der Waals surface area contributed by atoms with Crippen LogP contribution >= 0.6 is 0 Å². The summed E-state index contributed by atoms with van der Waals surface area (Å²) in [5, 5.41) is 21.9. The van der Waals surface area contributed by atoms with Crippen molar-refractivity contribution < 1.29 is 15.0 Å². The number of carbonyl (C=O) groups is 1. The molecule has 0 spiro atoms. The van der Waals surface area contributed by atoms with Gasteiger partial charge in [-0.1, -0.05) is 6.42 Å². The summed E-state index contributed by atoms with van der Waals surface area (Å²) in [7, 11) is 0. The third-order valence-electron chi connectivity index (χ3n) is 4.79. The van der Waals surface area contributed by atoms with Gasteiger partial charge in [0.2, 0.25) is 5.95 Å². The molecule has 1 unspecified atom stereocenters. The van der Waals surface area contributed by atoms with Gasteiger partial charge >= 0.3 is 5.97 Å². The van der Waals surface area contributed by atoms with Gasteiger partial charge in [-0.05, 0) is 32.4 Å². The Bertz CT molecular complexity index is 745. The molecule has 1 aliphatic rings. The summed E-state index contributed by atoms with van der Waals surface area (Å²) in [6, 6.07) is 1.80. The minimum Gasteiger partial charge on any atom is -0.478 e. The predicted octanol–water partition coefficient (Wildman–Crippen LogP) is 1.41. The molecule has 1 aliphatic heterocycles. The number of pyridine rings is 1. The van der Waals surface area contributed by atoms with Crippen LogP contribution < -0.4 is 5.32 Å². The molecule has 3 N–H and O–H groups in total. The van der Waals surface area contributed by atoms with Crippen molar-refractivity contribution in [3.8, 4) is 0 Å². The fourth-order valence-corrected chi connectivity index (χ4v) is 3.43. The molecule has 0 amide bonds. The summed E-state index contributed by atoms with van der Waals surface area (Å²) in [6.07, 6.45) is 4.76. The van der Waals surface area contributed by atoms with Crippen molar-refractivity contribution in [2.75, 3.05) is 31.6 Å². The van der Waals surface area contributed by atoms with E-state index in [0.717, 1.165) is 19.5 Å². The number of nitrogens with one attached hydrogen (secondary N) is 1. The van der Waals surface area contributed by atoms with Crippen LogP contribution in [0.4, 0.5) is 5.95 Å². The SMILES string of the molecule is CCn1c(NCCN2CCCCC2CO)nc2cc(C(=O)O)cnc21. The van der Waals surface area contributed by atoms with E-state index in [1.54, 1.807) is 6.07 Å². The standard InChI is InChI=1S/C17H25N5O3/c1-2-22-15-14(9-12(10-19-15)16(24)25)20-17(22)18-6-8-21-7-4-3-5-13(21)11-23/h9-10,13,23H,2-8,11H2,1H3,(H,18,20)(H,24,25). The van der Waals surface area contributed by atoms with Crippen LogP contribution in [0.5, 0.6) is 0 Å². The van der Waals surface area contributed by atoms with E-state index in [2.05, 4.69) is 20.2 Å². The number of aromatic carboxylic acids is 1. The van der Waals surface area contributed by atoms with Crippen molar-refractivity contribution in [1.29, 1.82) is 0 Å². The topological polar surface area (TPSA) is 104 Å². The molecule has 1 saturated heterocycles. The summed E-state index contributed by atoms with van der Waals surface area (Å²) >= 11 is 0. The number of piperidine rings is 1. The van der Waals surface area contributed by atoms with Crippen LogP contribution in [-0.2, 0) is 6.54 Å². The van der Waals surface area contributed by atoms with Gasteiger partial charge < -0.3 is 15.5 Å². The minimum atomic E-state index is -1.00. The zero-order valence-electron chi connectivity index (χ0n) is 14.5. The summed E-state index contributed by atoms with van der Waals surface area (Å²) in [5.41, 5.74) is 1.40. The molecule has 0 bridgehead atoms. The highest BCUT2D eigenvalue weighted by molar-refractivity contribution is 5.91. The molecular formula is C17H25N5O3. The Kier molecular flexibility index (Phi) is 5.50. The van der Waals surface area contributed by atoms with Gasteiger partial charge in [-0.25, -0.2) is 14.8 Å². The molecule has 8 nitrogen and oxygen atoms in total. The lowest BCUT2D eigenvalue weighted by Gasteiger charge is -2.34. The lowest BCUT2D eigenvalue weighted by Crippen LogP contribution is -2.44. The second-order valence-corrected chi connectivity index (χ2v) is 6.35. The Labute approximate surface area is 146 Å². The number of aromatic nitrogens is 3. The fraction of sp³-hybridized carbons (Fsp3) is 0.588. The van der Waals surface area contributed by atoms with Crippen molar-refractivity contribution in [2.45, 2.75) is 38.8 Å². The molecule has 0 saturated carbocycles. The van der Waals surface area contributed by atoms with E-state index >= 15 is 0 Å². The maximum Gasteiger partial charge on any atom is 0.337 e. The van der Waals surface area contributed by atoms with Crippen molar-refractivity contribution in [2.24, 2.45) is 0 Å². The highest BCUT2D eigenvalue weighted by atomic mass is 16.4. The molecular weight excluding hydrogens is 322 g/mol. The zero-order chi connectivity index (χ0) is 17.8. The Morgan fingerprint density at radius 1 is 1.44 bits per heavy atom. The Hall–Kier alpha value is -2.19. The monoisotopic (exact) mass is 347 g/mol. The van der Waals surface area contributed by atoms with Crippen molar-refractivity contribution in [3.63, 3.8) is 0 Å². The highest BCUT2D eigenvalue weighted by Crippen LogP contribution is 2.20. The summed E-state index contributed by atoms with van der Waals surface area (Å²) in [6.45, 7) is 5.47. The van der Waals surface area contributed by atoms with Crippen LogP contribution in [-0.4, -0.2) is 67.9 Å². The Balaban J connectivity index is 1.71. The maximum absolute atomic E-state index is 11.1. The van der Waals surface area contributed by atoms with Crippen molar-refractivity contribution in [3.05, 3.63) is 17.8 Å². The number of aryl methyl sites for hydroxylation is 1. The quantitative estimate of drug-likeness (QED) is 0.696. The van der Waals surface area contributed by atoms with Gasteiger partial charge in [-0.15, -0.1) is 0 Å². The van der Waals surface area contributed by atoms with Crippen LogP contribution in [0.1, 0.15) is 36.5 Å². The predicted molar refractivity (Wildman–Crippen MR) is 94.9 cm³/mol. The lowest BCUT2D eigenvalue weighted by molar-refractivity contribution is 0.0696. The Morgan fingerprint density at radius 2 is 2.28 bits per heavy atom. The fourth-order valence-electron chi connectivity index (χ4n) is 3.43. The van der Waals surface area contributed by atoms with Gasteiger partial charge in [0.05, 0.1) is 12.2 Å². The third kappa shape index (κ3) is 3.74. The minimum absolute atomic E-state index is 0.138. The average Bonchev–Trinajstić information content (AvgIpc) is 2.98. The van der Waals surface area contributed by atoms with Gasteiger partial charge in [0.1, 0.15) is 5.52 Å². The molecule has 1 atom stereocenters. The van der Waals surface area contributed by atoms with Crippen LogP contribution in [0.15, 0.2) is 12.3 Å². The van der Waals surface area contributed by atoms with E-state index in [-0.39, 0.29) is 18.2 Å². The number of rotatable bonds is 7. The van der Waals surface area contributed by atoms with Crippen molar-refractivity contribution >= 4 is 23.1 Å². The van der Waals surface area contributed by atoms with Gasteiger partial charge in [0, 0.05) is 31.9 Å². The molecule has 3 rings (SSSR count). The first kappa shape index (κ1) is 17.6. The van der Waals surface area contributed by atoms with Crippen LogP contribution in [0.2, 0.25) is 0 Å². The molecule has 0 radical (unpaired) electrons. The molecule has 3 heterocycles. The average molecular weight is 347 g/mol. The second kappa shape index (κ2) is 7.79. The van der Waals surface area contributed by atoms with Crippen LogP contribution in [0.25, 0.3) is 11.2 Å². The summed E-state index contributed by atoms with van der Waals surface area (Å²) in [5.74, 6) is -0.305. The Morgan fingerprint density at radius 3 is 3.00 bits per heavy atom. The smallest absolute Gasteiger partial charge is 0.337 e. The molecule has 136 valence electrons. The molecule has 8 heteroatoms. The molecule has 0 aliphatic carbocycles. The zero-order valence-corrected chi connectivity index (χ0v) is 14.5. The first-order chi connectivity index (χ1) is 12.1. The van der Waals surface area contributed by atoms with E-state index in [1.807, 2.05) is 11.5 Å².